The van der Waals surface area contributed by atoms with Gasteiger partial charge in [0.2, 0.25) is 5.88 Å². The Hall–Kier alpha value is -2.72. The van der Waals surface area contributed by atoms with Gasteiger partial charge >= 0.3 is 6.18 Å². The number of pyridine rings is 1. The minimum absolute atomic E-state index is 0.0162. The third-order valence-electron chi connectivity index (χ3n) is 3.75. The maximum Gasteiger partial charge on any atom is 0.417 e. The fourth-order valence-corrected chi connectivity index (χ4v) is 2.22. The summed E-state index contributed by atoms with van der Waals surface area (Å²) in [5, 5.41) is -0.394. The lowest BCUT2D eigenvalue weighted by Gasteiger charge is -2.16. The molecule has 0 aliphatic rings. The molecule has 0 aliphatic heterocycles. The van der Waals surface area contributed by atoms with Gasteiger partial charge in [-0.25, -0.2) is 9.98 Å². The number of ether oxygens (including phenoxy) is 1. The quantitative estimate of drug-likeness (QED) is 0.383. The van der Waals surface area contributed by atoms with E-state index in [1.807, 2.05) is 6.92 Å². The third kappa shape index (κ3) is 5.38. The molecule has 2 rings (SSSR count). The molecule has 1 unspecified atom stereocenters. The Morgan fingerprint density at radius 1 is 1.37 bits per heavy atom. The molecule has 0 aliphatic carbocycles. The fourth-order valence-electron chi connectivity index (χ4n) is 1.99. The second kappa shape index (κ2) is 8.31. The van der Waals surface area contributed by atoms with Crippen molar-refractivity contribution >= 4 is 23.6 Å². The van der Waals surface area contributed by atoms with Crippen LogP contribution in [0.25, 0.3) is 0 Å². The monoisotopic (exact) mass is 395 g/mol. The van der Waals surface area contributed by atoms with Crippen molar-refractivity contribution in [3.05, 3.63) is 46.6 Å². The van der Waals surface area contributed by atoms with Gasteiger partial charge in [-0.15, -0.1) is 6.42 Å². The molecule has 0 amide bonds. The van der Waals surface area contributed by atoms with Crippen LogP contribution in [0.15, 0.2) is 35.5 Å². The summed E-state index contributed by atoms with van der Waals surface area (Å²) in [6, 6.07) is 4.78. The smallest absolute Gasteiger partial charge is 0.417 e. The van der Waals surface area contributed by atoms with Crippen LogP contribution in [0, 0.1) is 19.3 Å². The Morgan fingerprint density at radius 2 is 2.07 bits per heavy atom. The standard InChI is InChI=1S/C19H17ClF3N3O/c1-5-13(3)26(4)11-25-17-10-24-18(8-12(17)2)27-14-6-7-16(20)15(9-14)19(21,22)23/h1,6-11,13H,2-4H3. The number of aromatic nitrogens is 1. The van der Waals surface area contributed by atoms with Crippen molar-refractivity contribution in [1.82, 2.24) is 9.88 Å². The van der Waals surface area contributed by atoms with E-state index in [-0.39, 0.29) is 17.7 Å². The van der Waals surface area contributed by atoms with E-state index in [0.29, 0.717) is 5.69 Å². The van der Waals surface area contributed by atoms with E-state index in [1.165, 1.54) is 12.3 Å². The SMILES string of the molecule is C#CC(C)N(C)C=Nc1cnc(Oc2ccc(Cl)c(C(F)(F)F)c2)cc1C. The van der Waals surface area contributed by atoms with Crippen molar-refractivity contribution in [2.24, 2.45) is 4.99 Å². The topological polar surface area (TPSA) is 37.7 Å². The molecule has 0 saturated heterocycles. The van der Waals surface area contributed by atoms with E-state index >= 15 is 0 Å². The van der Waals surface area contributed by atoms with Crippen molar-refractivity contribution in [3.63, 3.8) is 0 Å². The van der Waals surface area contributed by atoms with Crippen LogP contribution in [0.1, 0.15) is 18.1 Å². The van der Waals surface area contributed by atoms with Gasteiger partial charge in [-0.1, -0.05) is 17.5 Å². The highest BCUT2D eigenvalue weighted by molar-refractivity contribution is 6.31. The molecule has 0 fully saturated rings. The van der Waals surface area contributed by atoms with Crippen LogP contribution in [-0.4, -0.2) is 29.3 Å². The summed E-state index contributed by atoms with van der Waals surface area (Å²) in [6.45, 7) is 3.64. The summed E-state index contributed by atoms with van der Waals surface area (Å²) in [5.74, 6) is 2.71. The van der Waals surface area contributed by atoms with Gasteiger partial charge in [0, 0.05) is 13.1 Å². The number of aryl methyl sites for hydroxylation is 1. The van der Waals surface area contributed by atoms with Gasteiger partial charge < -0.3 is 9.64 Å². The summed E-state index contributed by atoms with van der Waals surface area (Å²) in [4.78, 5) is 10.1. The molecule has 4 nitrogen and oxygen atoms in total. The van der Waals surface area contributed by atoms with E-state index < -0.39 is 16.8 Å². The van der Waals surface area contributed by atoms with Crippen molar-refractivity contribution in [3.8, 4) is 24.0 Å². The summed E-state index contributed by atoms with van der Waals surface area (Å²) >= 11 is 5.60. The zero-order valence-electron chi connectivity index (χ0n) is 14.9. The van der Waals surface area contributed by atoms with Gasteiger partial charge in [-0.2, -0.15) is 13.2 Å². The van der Waals surface area contributed by atoms with Crippen LogP contribution in [0.3, 0.4) is 0 Å². The van der Waals surface area contributed by atoms with Crippen molar-refractivity contribution in [1.29, 1.82) is 0 Å². The first kappa shape index (κ1) is 20.6. The molecule has 0 N–H and O–H groups in total. The molecular weight excluding hydrogens is 379 g/mol. The van der Waals surface area contributed by atoms with Gasteiger partial charge in [0.05, 0.1) is 34.9 Å². The number of hydrogen-bond donors (Lipinski definition) is 0. The molecule has 142 valence electrons. The van der Waals surface area contributed by atoms with Gasteiger partial charge in [0.25, 0.3) is 0 Å². The zero-order chi connectivity index (χ0) is 20.2. The van der Waals surface area contributed by atoms with Gasteiger partial charge in [0.15, 0.2) is 0 Å². The van der Waals surface area contributed by atoms with Crippen LogP contribution >= 0.6 is 11.6 Å². The van der Waals surface area contributed by atoms with Crippen LogP contribution in [0.5, 0.6) is 11.6 Å². The van der Waals surface area contributed by atoms with Crippen molar-refractivity contribution in [2.75, 3.05) is 7.05 Å². The Kier molecular flexibility index (Phi) is 6.34. The number of hydrogen-bond acceptors (Lipinski definition) is 3. The number of aliphatic imine (C=N–C) groups is 1. The average Bonchev–Trinajstić information content (AvgIpc) is 2.60. The maximum atomic E-state index is 12.9. The number of alkyl halides is 3. The molecule has 0 spiro atoms. The molecular formula is C19H17ClF3N3O. The third-order valence-corrected chi connectivity index (χ3v) is 4.08. The largest absolute Gasteiger partial charge is 0.439 e. The van der Waals surface area contributed by atoms with Crippen molar-refractivity contribution < 1.29 is 17.9 Å². The predicted molar refractivity (Wildman–Crippen MR) is 99.7 cm³/mol. The first-order valence-corrected chi connectivity index (χ1v) is 8.23. The van der Waals surface area contributed by atoms with Crippen LogP contribution in [0.4, 0.5) is 18.9 Å². The lowest BCUT2D eigenvalue weighted by Crippen LogP contribution is -2.25. The van der Waals surface area contributed by atoms with Gasteiger partial charge in [-0.05, 0) is 37.6 Å². The summed E-state index contributed by atoms with van der Waals surface area (Å²) in [5.41, 5.74) is 0.360. The first-order valence-electron chi connectivity index (χ1n) is 7.85. The highest BCUT2D eigenvalue weighted by atomic mass is 35.5. The average molecular weight is 396 g/mol. The molecule has 1 atom stereocenters. The Bertz CT molecular complexity index is 891. The Morgan fingerprint density at radius 3 is 2.67 bits per heavy atom. The minimum atomic E-state index is -4.57. The Labute approximate surface area is 160 Å². The van der Waals surface area contributed by atoms with E-state index in [1.54, 1.807) is 31.3 Å². The molecule has 27 heavy (non-hydrogen) atoms. The molecule has 2 aromatic rings. The lowest BCUT2D eigenvalue weighted by molar-refractivity contribution is -0.137. The summed E-state index contributed by atoms with van der Waals surface area (Å²) in [6.07, 6.45) is 3.84. The first-order chi connectivity index (χ1) is 12.6. The highest BCUT2D eigenvalue weighted by Crippen LogP contribution is 2.37. The molecule has 0 bridgehead atoms. The summed E-state index contributed by atoms with van der Waals surface area (Å²) < 4.78 is 44.2. The van der Waals surface area contributed by atoms with Gasteiger partial charge in [0.1, 0.15) is 5.75 Å². The van der Waals surface area contributed by atoms with Crippen molar-refractivity contribution in [2.45, 2.75) is 26.1 Å². The number of rotatable bonds is 5. The number of nitrogens with zero attached hydrogens (tertiary/aromatic N) is 3. The minimum Gasteiger partial charge on any atom is -0.439 e. The number of halogens is 4. The van der Waals surface area contributed by atoms with Crippen LogP contribution in [0.2, 0.25) is 5.02 Å². The maximum absolute atomic E-state index is 12.9. The second-order valence-corrected chi connectivity index (χ2v) is 6.21. The lowest BCUT2D eigenvalue weighted by atomic mass is 10.2. The summed E-state index contributed by atoms with van der Waals surface area (Å²) in [7, 11) is 1.80. The Balaban J connectivity index is 2.19. The van der Waals surface area contributed by atoms with E-state index in [0.717, 1.165) is 17.7 Å². The molecule has 8 heteroatoms. The zero-order valence-corrected chi connectivity index (χ0v) is 15.6. The van der Waals surface area contributed by atoms with Crippen LogP contribution in [-0.2, 0) is 6.18 Å². The van der Waals surface area contributed by atoms with E-state index in [2.05, 4.69) is 15.9 Å². The number of benzene rings is 1. The van der Waals surface area contributed by atoms with E-state index in [4.69, 9.17) is 22.8 Å². The van der Waals surface area contributed by atoms with E-state index in [9.17, 15) is 13.2 Å². The van der Waals surface area contributed by atoms with Gasteiger partial charge in [-0.3, -0.25) is 0 Å². The normalized spacial score (nSPS) is 12.7. The molecule has 0 saturated carbocycles. The molecule has 1 aromatic carbocycles. The van der Waals surface area contributed by atoms with Crippen LogP contribution < -0.4 is 4.74 Å². The highest BCUT2D eigenvalue weighted by Gasteiger charge is 2.33. The second-order valence-electron chi connectivity index (χ2n) is 5.80. The molecule has 1 aromatic heterocycles. The molecule has 0 radical (unpaired) electrons. The fraction of sp³-hybridized carbons (Fsp3) is 0.263. The molecule has 1 heterocycles. The predicted octanol–water partition coefficient (Wildman–Crippen LogP) is 5.47. The number of terminal acetylenes is 1.